The molecule has 0 amide bonds. The minimum absolute atomic E-state index is 0.0711. The van der Waals surface area contributed by atoms with Crippen LogP contribution >= 0.6 is 0 Å². The van der Waals surface area contributed by atoms with E-state index in [1.165, 1.54) is 19.3 Å². The molecule has 0 saturated heterocycles. The lowest BCUT2D eigenvalue weighted by Gasteiger charge is -2.32. The van der Waals surface area contributed by atoms with Crippen LogP contribution in [0.25, 0.3) is 0 Å². The van der Waals surface area contributed by atoms with Crippen LogP contribution in [0.2, 0.25) is 0 Å². The van der Waals surface area contributed by atoms with Crippen LogP contribution in [0.3, 0.4) is 0 Å². The van der Waals surface area contributed by atoms with Gasteiger partial charge in [0.25, 0.3) is 0 Å². The van der Waals surface area contributed by atoms with Gasteiger partial charge in [-0.05, 0) is 44.4 Å². The van der Waals surface area contributed by atoms with Crippen molar-refractivity contribution in [1.29, 1.82) is 0 Å². The standard InChI is InChI=1S/C12H24O2/c1-3-10-5-6-12(13)11(9-10)7-8-14-4-2/h10-13H,3-9H2,1-2H3. The predicted molar refractivity (Wildman–Crippen MR) is 58.2 cm³/mol. The SMILES string of the molecule is CCOCCC1CC(CC)CCC1O. The average molecular weight is 200 g/mol. The Morgan fingerprint density at radius 3 is 2.71 bits per heavy atom. The number of aliphatic hydroxyl groups excluding tert-OH is 1. The van der Waals surface area contributed by atoms with Crippen molar-refractivity contribution in [3.05, 3.63) is 0 Å². The first-order valence-electron chi connectivity index (χ1n) is 6.03. The van der Waals surface area contributed by atoms with E-state index in [4.69, 9.17) is 4.74 Å². The third-order valence-electron chi connectivity index (χ3n) is 3.47. The maximum Gasteiger partial charge on any atom is 0.0569 e. The van der Waals surface area contributed by atoms with Crippen molar-refractivity contribution in [2.75, 3.05) is 13.2 Å². The molecule has 0 radical (unpaired) electrons. The van der Waals surface area contributed by atoms with Gasteiger partial charge in [0.15, 0.2) is 0 Å². The lowest BCUT2D eigenvalue weighted by atomic mass is 9.77. The highest BCUT2D eigenvalue weighted by Gasteiger charge is 2.27. The summed E-state index contributed by atoms with van der Waals surface area (Å²) in [4.78, 5) is 0. The molecule has 1 aliphatic carbocycles. The van der Waals surface area contributed by atoms with Gasteiger partial charge in [-0.1, -0.05) is 13.3 Å². The highest BCUT2D eigenvalue weighted by Crippen LogP contribution is 2.33. The lowest BCUT2D eigenvalue weighted by Crippen LogP contribution is -2.29. The molecule has 2 nitrogen and oxygen atoms in total. The molecule has 1 rings (SSSR count). The molecule has 1 N–H and O–H groups in total. The zero-order chi connectivity index (χ0) is 10.4. The van der Waals surface area contributed by atoms with Crippen molar-refractivity contribution < 1.29 is 9.84 Å². The Kier molecular flexibility index (Phi) is 5.49. The third kappa shape index (κ3) is 3.58. The summed E-state index contributed by atoms with van der Waals surface area (Å²) in [6, 6.07) is 0. The Labute approximate surface area is 87.7 Å². The summed E-state index contributed by atoms with van der Waals surface area (Å²) >= 11 is 0. The first kappa shape index (κ1) is 12.0. The van der Waals surface area contributed by atoms with Crippen LogP contribution < -0.4 is 0 Å². The van der Waals surface area contributed by atoms with E-state index < -0.39 is 0 Å². The van der Waals surface area contributed by atoms with E-state index in [0.29, 0.717) is 5.92 Å². The second kappa shape index (κ2) is 6.41. The number of ether oxygens (including phenoxy) is 1. The zero-order valence-electron chi connectivity index (χ0n) is 9.54. The van der Waals surface area contributed by atoms with Crippen molar-refractivity contribution in [3.8, 4) is 0 Å². The Morgan fingerprint density at radius 2 is 2.07 bits per heavy atom. The van der Waals surface area contributed by atoms with Gasteiger partial charge in [0.1, 0.15) is 0 Å². The highest BCUT2D eigenvalue weighted by atomic mass is 16.5. The molecule has 84 valence electrons. The van der Waals surface area contributed by atoms with E-state index in [2.05, 4.69) is 6.92 Å². The molecule has 2 heteroatoms. The van der Waals surface area contributed by atoms with Gasteiger partial charge in [-0.2, -0.15) is 0 Å². The normalized spacial score (nSPS) is 33.2. The number of hydrogen-bond acceptors (Lipinski definition) is 2. The van der Waals surface area contributed by atoms with Gasteiger partial charge in [-0.25, -0.2) is 0 Å². The Bertz CT molecular complexity index is 147. The van der Waals surface area contributed by atoms with Crippen molar-refractivity contribution in [3.63, 3.8) is 0 Å². The highest BCUT2D eigenvalue weighted by molar-refractivity contribution is 4.79. The quantitative estimate of drug-likeness (QED) is 0.691. The molecular formula is C12H24O2. The van der Waals surface area contributed by atoms with Gasteiger partial charge in [-0.15, -0.1) is 0 Å². The maximum absolute atomic E-state index is 9.83. The predicted octanol–water partition coefficient (Wildman–Crippen LogP) is 2.60. The molecule has 1 aliphatic rings. The molecule has 3 atom stereocenters. The number of aliphatic hydroxyl groups is 1. The van der Waals surface area contributed by atoms with E-state index in [9.17, 15) is 5.11 Å². The molecule has 0 aliphatic heterocycles. The molecule has 14 heavy (non-hydrogen) atoms. The summed E-state index contributed by atoms with van der Waals surface area (Å²) in [5.74, 6) is 1.32. The lowest BCUT2D eigenvalue weighted by molar-refractivity contribution is 0.0243. The summed E-state index contributed by atoms with van der Waals surface area (Å²) in [6.07, 6.45) is 5.63. The van der Waals surface area contributed by atoms with Gasteiger partial charge in [0.05, 0.1) is 6.10 Å². The first-order valence-corrected chi connectivity index (χ1v) is 6.03. The van der Waals surface area contributed by atoms with Crippen LogP contribution in [0.1, 0.15) is 46.0 Å². The van der Waals surface area contributed by atoms with Crippen LogP contribution in [-0.4, -0.2) is 24.4 Å². The van der Waals surface area contributed by atoms with Gasteiger partial charge >= 0.3 is 0 Å². The fourth-order valence-corrected chi connectivity index (χ4v) is 2.41. The van der Waals surface area contributed by atoms with E-state index >= 15 is 0 Å². The van der Waals surface area contributed by atoms with Gasteiger partial charge in [0.2, 0.25) is 0 Å². The number of rotatable bonds is 5. The molecule has 0 spiro atoms. The molecule has 3 unspecified atom stereocenters. The topological polar surface area (TPSA) is 29.5 Å². The van der Waals surface area contributed by atoms with Gasteiger partial charge in [-0.3, -0.25) is 0 Å². The van der Waals surface area contributed by atoms with Crippen LogP contribution in [0.5, 0.6) is 0 Å². The number of hydrogen-bond donors (Lipinski definition) is 1. The van der Waals surface area contributed by atoms with E-state index in [-0.39, 0.29) is 6.10 Å². The van der Waals surface area contributed by atoms with Gasteiger partial charge < -0.3 is 9.84 Å². The second-order valence-electron chi connectivity index (χ2n) is 4.40. The molecular weight excluding hydrogens is 176 g/mol. The minimum Gasteiger partial charge on any atom is -0.393 e. The molecule has 0 aromatic heterocycles. The second-order valence-corrected chi connectivity index (χ2v) is 4.40. The summed E-state index contributed by atoms with van der Waals surface area (Å²) in [5, 5.41) is 9.83. The van der Waals surface area contributed by atoms with E-state index in [1.54, 1.807) is 0 Å². The third-order valence-corrected chi connectivity index (χ3v) is 3.47. The fourth-order valence-electron chi connectivity index (χ4n) is 2.41. The Morgan fingerprint density at radius 1 is 1.29 bits per heavy atom. The van der Waals surface area contributed by atoms with Gasteiger partial charge in [0, 0.05) is 13.2 Å². The van der Waals surface area contributed by atoms with Crippen LogP contribution in [0, 0.1) is 11.8 Å². The zero-order valence-corrected chi connectivity index (χ0v) is 9.54. The van der Waals surface area contributed by atoms with Crippen molar-refractivity contribution in [1.82, 2.24) is 0 Å². The van der Waals surface area contributed by atoms with E-state index in [0.717, 1.165) is 32.0 Å². The fraction of sp³-hybridized carbons (Fsp3) is 1.00. The van der Waals surface area contributed by atoms with Crippen molar-refractivity contribution in [2.45, 2.75) is 52.1 Å². The molecule has 0 aromatic carbocycles. The molecule has 1 saturated carbocycles. The molecule has 0 heterocycles. The smallest absolute Gasteiger partial charge is 0.0569 e. The Balaban J connectivity index is 2.25. The summed E-state index contributed by atoms with van der Waals surface area (Å²) in [7, 11) is 0. The summed E-state index contributed by atoms with van der Waals surface area (Å²) in [6.45, 7) is 5.88. The molecule has 0 bridgehead atoms. The summed E-state index contributed by atoms with van der Waals surface area (Å²) < 4.78 is 5.34. The Hall–Kier alpha value is -0.0800. The van der Waals surface area contributed by atoms with Crippen molar-refractivity contribution in [2.24, 2.45) is 11.8 Å². The minimum atomic E-state index is -0.0711. The van der Waals surface area contributed by atoms with Crippen molar-refractivity contribution >= 4 is 0 Å². The first-order chi connectivity index (χ1) is 6.77. The average Bonchev–Trinajstić information content (AvgIpc) is 2.21. The van der Waals surface area contributed by atoms with Crippen LogP contribution in [-0.2, 0) is 4.74 Å². The van der Waals surface area contributed by atoms with Crippen LogP contribution in [0.15, 0.2) is 0 Å². The van der Waals surface area contributed by atoms with E-state index in [1.807, 2.05) is 6.92 Å². The molecule has 0 aromatic rings. The largest absolute Gasteiger partial charge is 0.393 e. The summed E-state index contributed by atoms with van der Waals surface area (Å²) in [5.41, 5.74) is 0. The monoisotopic (exact) mass is 200 g/mol. The maximum atomic E-state index is 9.83. The molecule has 1 fully saturated rings. The van der Waals surface area contributed by atoms with Crippen LogP contribution in [0.4, 0.5) is 0 Å².